The molecule has 0 spiro atoms. The first-order valence-corrected chi connectivity index (χ1v) is 12.2. The van der Waals surface area contributed by atoms with Crippen molar-refractivity contribution in [2.45, 2.75) is 38.6 Å². The summed E-state index contributed by atoms with van der Waals surface area (Å²) in [5.74, 6) is -0.514. The van der Waals surface area contributed by atoms with E-state index < -0.39 is 15.9 Å². The average molecular weight is 464 g/mol. The van der Waals surface area contributed by atoms with E-state index in [0.29, 0.717) is 0 Å². The molecule has 0 saturated heterocycles. The van der Waals surface area contributed by atoms with Crippen LogP contribution in [0.1, 0.15) is 34.7 Å². The lowest BCUT2D eigenvalue weighted by atomic mass is 10.1. The van der Waals surface area contributed by atoms with Crippen LogP contribution < -0.4 is 5.43 Å². The van der Waals surface area contributed by atoms with Crippen LogP contribution in [0.15, 0.2) is 82.8 Å². The van der Waals surface area contributed by atoms with Crippen molar-refractivity contribution in [3.05, 3.63) is 101 Å². The third-order valence-corrected chi connectivity index (χ3v) is 7.02. The van der Waals surface area contributed by atoms with Gasteiger partial charge in [-0.1, -0.05) is 78.7 Å². The number of hydrogen-bond acceptors (Lipinski definition) is 4. The van der Waals surface area contributed by atoms with Gasteiger partial charge < -0.3 is 0 Å². The minimum absolute atomic E-state index is 0.0769. The van der Waals surface area contributed by atoms with Crippen LogP contribution in [-0.4, -0.2) is 31.4 Å². The highest BCUT2D eigenvalue weighted by atomic mass is 32.2. The summed E-state index contributed by atoms with van der Waals surface area (Å²) >= 11 is 0. The second kappa shape index (κ2) is 11.0. The Morgan fingerprint density at radius 1 is 0.939 bits per heavy atom. The van der Waals surface area contributed by atoms with Gasteiger partial charge in [-0.25, -0.2) is 13.8 Å². The number of rotatable bonds is 9. The predicted molar refractivity (Wildman–Crippen MR) is 132 cm³/mol. The van der Waals surface area contributed by atoms with Gasteiger partial charge in [0.1, 0.15) is 0 Å². The van der Waals surface area contributed by atoms with E-state index in [1.54, 1.807) is 24.3 Å². The third-order valence-electron chi connectivity index (χ3n) is 5.21. The number of carbonyl (C=O) groups is 1. The molecule has 0 radical (unpaired) electrons. The minimum atomic E-state index is -3.89. The van der Waals surface area contributed by atoms with Crippen LogP contribution in [-0.2, 0) is 27.8 Å². The maximum Gasteiger partial charge on any atom is 0.255 e. The van der Waals surface area contributed by atoms with Gasteiger partial charge in [-0.3, -0.25) is 4.79 Å². The Balaban J connectivity index is 1.77. The van der Waals surface area contributed by atoms with E-state index >= 15 is 0 Å². The number of sulfonamides is 1. The molecule has 0 heterocycles. The number of carbonyl (C=O) groups excluding carboxylic acids is 1. The molecule has 0 aliphatic heterocycles. The fourth-order valence-corrected chi connectivity index (χ4v) is 4.70. The average Bonchev–Trinajstić information content (AvgIpc) is 2.79. The lowest BCUT2D eigenvalue weighted by Crippen LogP contribution is -2.39. The van der Waals surface area contributed by atoms with E-state index in [2.05, 4.69) is 17.5 Å². The summed E-state index contributed by atoms with van der Waals surface area (Å²) in [5, 5.41) is 3.99. The van der Waals surface area contributed by atoms with Crippen LogP contribution in [0.5, 0.6) is 0 Å². The summed E-state index contributed by atoms with van der Waals surface area (Å²) in [7, 11) is -3.89. The maximum absolute atomic E-state index is 13.3. The molecule has 1 amide bonds. The number of hydrogen-bond donors (Lipinski definition) is 1. The van der Waals surface area contributed by atoms with Gasteiger partial charge in [-0.15, -0.1) is 0 Å². The molecule has 0 aromatic heterocycles. The number of benzene rings is 3. The Labute approximate surface area is 196 Å². The van der Waals surface area contributed by atoms with Crippen molar-refractivity contribution < 1.29 is 13.2 Å². The zero-order chi connectivity index (χ0) is 23.8. The van der Waals surface area contributed by atoms with Crippen molar-refractivity contribution in [2.24, 2.45) is 5.10 Å². The molecule has 0 fully saturated rings. The first-order valence-electron chi connectivity index (χ1n) is 10.8. The zero-order valence-electron chi connectivity index (χ0n) is 19.2. The van der Waals surface area contributed by atoms with Crippen molar-refractivity contribution in [1.29, 1.82) is 0 Å². The monoisotopic (exact) mass is 463 g/mol. The van der Waals surface area contributed by atoms with E-state index in [4.69, 9.17) is 0 Å². The van der Waals surface area contributed by atoms with E-state index in [-0.39, 0.29) is 18.0 Å². The topological polar surface area (TPSA) is 78.8 Å². The summed E-state index contributed by atoms with van der Waals surface area (Å²) in [6.07, 6.45) is 2.48. The molecule has 1 N–H and O–H groups in total. The molecule has 0 bridgehead atoms. The molecule has 0 aliphatic rings. The van der Waals surface area contributed by atoms with Crippen molar-refractivity contribution in [3.8, 4) is 0 Å². The molecule has 6 nitrogen and oxygen atoms in total. The SMILES string of the molecule is CCc1ccc(/C=N\NC(=O)CN(Cc2cccc(C)c2)S(=O)(=O)c2ccc(C)cc2)cc1. The molecule has 3 aromatic rings. The van der Waals surface area contributed by atoms with Gasteiger partial charge in [-0.2, -0.15) is 9.41 Å². The predicted octanol–water partition coefficient (Wildman–Crippen LogP) is 4.21. The van der Waals surface area contributed by atoms with Crippen LogP contribution in [0.4, 0.5) is 0 Å². The number of nitrogens with one attached hydrogen (secondary N) is 1. The fraction of sp³-hybridized carbons (Fsp3) is 0.231. The van der Waals surface area contributed by atoms with Crippen molar-refractivity contribution in [3.63, 3.8) is 0 Å². The number of hydrazone groups is 1. The van der Waals surface area contributed by atoms with E-state index in [1.165, 1.54) is 16.1 Å². The normalized spacial score (nSPS) is 11.8. The highest BCUT2D eigenvalue weighted by molar-refractivity contribution is 7.89. The smallest absolute Gasteiger partial charge is 0.255 e. The van der Waals surface area contributed by atoms with Crippen LogP contribution in [0.3, 0.4) is 0 Å². The molecule has 3 aromatic carbocycles. The largest absolute Gasteiger partial charge is 0.272 e. The third kappa shape index (κ3) is 6.84. The minimum Gasteiger partial charge on any atom is -0.272 e. The second-order valence-electron chi connectivity index (χ2n) is 7.96. The van der Waals surface area contributed by atoms with Crippen molar-refractivity contribution in [2.75, 3.05) is 6.54 Å². The summed E-state index contributed by atoms with van der Waals surface area (Å²) in [6, 6.07) is 22.0. The highest BCUT2D eigenvalue weighted by Gasteiger charge is 2.27. The van der Waals surface area contributed by atoms with E-state index in [1.807, 2.05) is 62.4 Å². The molecule has 33 heavy (non-hydrogen) atoms. The van der Waals surface area contributed by atoms with Crippen molar-refractivity contribution in [1.82, 2.24) is 9.73 Å². The Hall–Kier alpha value is -3.29. The first kappa shape index (κ1) is 24.4. The van der Waals surface area contributed by atoms with Gasteiger partial charge >= 0.3 is 0 Å². The standard InChI is InChI=1S/C26H29N3O3S/c1-4-22-10-12-23(13-11-22)17-27-28-26(30)19-29(18-24-7-5-6-21(3)16-24)33(31,32)25-14-8-20(2)9-15-25/h5-17H,4,18-19H2,1-3H3,(H,28,30)/b27-17-. The maximum atomic E-state index is 13.3. The molecule has 0 aliphatic carbocycles. The van der Waals surface area contributed by atoms with Gasteiger partial charge in [0, 0.05) is 6.54 Å². The quantitative estimate of drug-likeness (QED) is 0.381. The number of aryl methyl sites for hydroxylation is 3. The molecule has 172 valence electrons. The molecule has 0 atom stereocenters. The summed E-state index contributed by atoms with van der Waals surface area (Å²) in [5.41, 5.74) is 7.28. The molecule has 3 rings (SSSR count). The first-order chi connectivity index (χ1) is 15.8. The number of amides is 1. The van der Waals surface area contributed by atoms with Gasteiger partial charge in [-0.05, 0) is 49.1 Å². The Kier molecular flexibility index (Phi) is 8.14. The van der Waals surface area contributed by atoms with Crippen LogP contribution >= 0.6 is 0 Å². The molecular formula is C26H29N3O3S. The number of nitrogens with zero attached hydrogens (tertiary/aromatic N) is 2. The zero-order valence-corrected chi connectivity index (χ0v) is 20.0. The summed E-state index contributed by atoms with van der Waals surface area (Å²) in [4.78, 5) is 12.7. The van der Waals surface area contributed by atoms with Gasteiger partial charge in [0.25, 0.3) is 5.91 Å². The van der Waals surface area contributed by atoms with Crippen LogP contribution in [0.25, 0.3) is 0 Å². The van der Waals surface area contributed by atoms with Crippen LogP contribution in [0, 0.1) is 13.8 Å². The van der Waals surface area contributed by atoms with E-state index in [9.17, 15) is 13.2 Å². The van der Waals surface area contributed by atoms with Gasteiger partial charge in [0.2, 0.25) is 10.0 Å². The van der Waals surface area contributed by atoms with E-state index in [0.717, 1.165) is 28.7 Å². The summed E-state index contributed by atoms with van der Waals surface area (Å²) in [6.45, 7) is 5.64. The Morgan fingerprint density at radius 3 is 2.27 bits per heavy atom. The summed E-state index contributed by atoms with van der Waals surface area (Å²) < 4.78 is 27.8. The van der Waals surface area contributed by atoms with Gasteiger partial charge in [0.05, 0.1) is 17.7 Å². The molecule has 7 heteroatoms. The molecule has 0 unspecified atom stereocenters. The lowest BCUT2D eigenvalue weighted by Gasteiger charge is -2.22. The lowest BCUT2D eigenvalue weighted by molar-refractivity contribution is -0.121. The Morgan fingerprint density at radius 2 is 1.64 bits per heavy atom. The molecule has 0 saturated carbocycles. The van der Waals surface area contributed by atoms with Crippen LogP contribution in [0.2, 0.25) is 0 Å². The molecular weight excluding hydrogens is 434 g/mol. The second-order valence-corrected chi connectivity index (χ2v) is 9.90. The Bertz CT molecular complexity index is 1220. The highest BCUT2D eigenvalue weighted by Crippen LogP contribution is 2.19. The van der Waals surface area contributed by atoms with Gasteiger partial charge in [0.15, 0.2) is 0 Å². The van der Waals surface area contributed by atoms with Crippen molar-refractivity contribution >= 4 is 22.1 Å². The fourth-order valence-electron chi connectivity index (χ4n) is 3.31.